The maximum absolute atomic E-state index is 12.6. The Labute approximate surface area is 153 Å². The fourth-order valence-electron chi connectivity index (χ4n) is 3.02. The van der Waals surface area contributed by atoms with Crippen LogP contribution in [-0.4, -0.2) is 70.4 Å². The van der Waals surface area contributed by atoms with Crippen molar-refractivity contribution in [2.75, 3.05) is 39.8 Å². The number of piperazine rings is 1. The van der Waals surface area contributed by atoms with Crippen molar-refractivity contribution >= 4 is 27.7 Å². The largest absolute Gasteiger partial charge is 0.347 e. The molecule has 0 aliphatic carbocycles. The normalized spacial score (nSPS) is 17.1. The summed E-state index contributed by atoms with van der Waals surface area (Å²) in [6.45, 7) is 11.6. The number of carbonyl (C=O) groups excluding carboxylic acids is 1. The van der Waals surface area contributed by atoms with Crippen molar-refractivity contribution in [3.63, 3.8) is 0 Å². The first kappa shape index (κ1) is 18.2. The van der Waals surface area contributed by atoms with Crippen molar-refractivity contribution in [2.45, 2.75) is 32.7 Å². The van der Waals surface area contributed by atoms with Gasteiger partial charge in [0.25, 0.3) is 5.91 Å². The third kappa shape index (κ3) is 4.54. The Morgan fingerprint density at radius 3 is 2.76 bits per heavy atom. The van der Waals surface area contributed by atoms with Gasteiger partial charge in [0.15, 0.2) is 0 Å². The average Bonchev–Trinajstić information content (AvgIpc) is 2.95. The Balaban J connectivity index is 1.59. The van der Waals surface area contributed by atoms with Gasteiger partial charge in [-0.15, -0.1) is 0 Å². The summed E-state index contributed by atoms with van der Waals surface area (Å²) in [6.07, 6.45) is 2.57. The van der Waals surface area contributed by atoms with Crippen LogP contribution in [0.2, 0.25) is 0 Å². The average molecular weight is 362 g/mol. The number of fused-ring (bicyclic) bond motifs is 1. The number of nitrogens with one attached hydrogen (secondary N) is 1. The van der Waals surface area contributed by atoms with Gasteiger partial charge in [0.2, 0.25) is 0 Å². The molecule has 1 saturated heterocycles. The summed E-state index contributed by atoms with van der Waals surface area (Å²) in [4.78, 5) is 22.7. The van der Waals surface area contributed by atoms with E-state index < -0.39 is 0 Å². The lowest BCUT2D eigenvalue weighted by Crippen LogP contribution is -2.49. The van der Waals surface area contributed by atoms with Gasteiger partial charge in [-0.3, -0.25) is 4.79 Å². The van der Waals surface area contributed by atoms with E-state index in [9.17, 15) is 4.79 Å². The zero-order valence-corrected chi connectivity index (χ0v) is 16.3. The number of hydrogen-bond donors (Lipinski definition) is 1. The van der Waals surface area contributed by atoms with Crippen LogP contribution in [0.4, 0.5) is 0 Å². The SMILES string of the molecule is Cc1nsc2ncc(C(=O)NC(C)(C)CCN3CCN(C)CC3)cc12. The number of aromatic nitrogens is 2. The lowest BCUT2D eigenvalue weighted by molar-refractivity contribution is 0.0893. The lowest BCUT2D eigenvalue weighted by atomic mass is 9.99. The number of pyridine rings is 1. The summed E-state index contributed by atoms with van der Waals surface area (Å²) in [5, 5.41) is 4.13. The van der Waals surface area contributed by atoms with Crippen LogP contribution in [0.15, 0.2) is 12.3 Å². The summed E-state index contributed by atoms with van der Waals surface area (Å²) < 4.78 is 4.30. The predicted octanol–water partition coefficient (Wildman–Crippen LogP) is 2.15. The van der Waals surface area contributed by atoms with E-state index >= 15 is 0 Å². The van der Waals surface area contributed by atoms with Crippen LogP contribution in [0.3, 0.4) is 0 Å². The zero-order chi connectivity index (χ0) is 18.0. The number of likely N-dealkylation sites (N-methyl/N-ethyl adjacent to an activating group) is 1. The van der Waals surface area contributed by atoms with E-state index in [0.29, 0.717) is 5.56 Å². The highest BCUT2D eigenvalue weighted by Gasteiger charge is 2.24. The van der Waals surface area contributed by atoms with E-state index in [4.69, 9.17) is 0 Å². The molecule has 0 aromatic carbocycles. The van der Waals surface area contributed by atoms with Gasteiger partial charge in [0.1, 0.15) is 4.83 Å². The Morgan fingerprint density at radius 1 is 1.32 bits per heavy atom. The molecule has 1 N–H and O–H groups in total. The summed E-state index contributed by atoms with van der Waals surface area (Å²) >= 11 is 1.37. The zero-order valence-electron chi connectivity index (χ0n) is 15.5. The maximum atomic E-state index is 12.6. The molecular weight excluding hydrogens is 334 g/mol. The quantitative estimate of drug-likeness (QED) is 0.884. The number of nitrogens with zero attached hydrogens (tertiary/aromatic N) is 4. The van der Waals surface area contributed by atoms with E-state index in [1.165, 1.54) is 11.5 Å². The number of aryl methyl sites for hydroxylation is 1. The Bertz CT molecular complexity index is 749. The lowest BCUT2D eigenvalue weighted by Gasteiger charge is -2.35. The molecule has 25 heavy (non-hydrogen) atoms. The van der Waals surface area contributed by atoms with Crippen molar-refractivity contribution in [1.82, 2.24) is 24.5 Å². The van der Waals surface area contributed by atoms with Crippen molar-refractivity contribution in [3.05, 3.63) is 23.5 Å². The smallest absolute Gasteiger partial charge is 0.253 e. The van der Waals surface area contributed by atoms with Gasteiger partial charge < -0.3 is 15.1 Å². The molecule has 0 unspecified atom stereocenters. The highest BCUT2D eigenvalue weighted by molar-refractivity contribution is 7.12. The molecule has 7 heteroatoms. The van der Waals surface area contributed by atoms with Gasteiger partial charge in [0.05, 0.1) is 11.3 Å². The highest BCUT2D eigenvalue weighted by Crippen LogP contribution is 2.21. The molecule has 0 spiro atoms. The van der Waals surface area contributed by atoms with Crippen molar-refractivity contribution in [1.29, 1.82) is 0 Å². The van der Waals surface area contributed by atoms with E-state index in [1.807, 2.05) is 13.0 Å². The van der Waals surface area contributed by atoms with E-state index in [0.717, 1.165) is 55.1 Å². The second kappa shape index (κ2) is 7.35. The van der Waals surface area contributed by atoms with Gasteiger partial charge in [0, 0.05) is 49.8 Å². The number of rotatable bonds is 5. The van der Waals surface area contributed by atoms with E-state index in [-0.39, 0.29) is 11.4 Å². The standard InChI is InChI=1S/C18H27N5OS/c1-13-15-11-14(12-19-17(15)25-21-13)16(24)20-18(2,3)5-6-23-9-7-22(4)8-10-23/h11-12H,5-10H2,1-4H3,(H,20,24). The summed E-state index contributed by atoms with van der Waals surface area (Å²) in [7, 11) is 2.16. The maximum Gasteiger partial charge on any atom is 0.253 e. The Hall–Kier alpha value is -1.57. The fourth-order valence-corrected chi connectivity index (χ4v) is 3.75. The number of hydrogen-bond acceptors (Lipinski definition) is 6. The minimum absolute atomic E-state index is 0.0663. The second-order valence-corrected chi connectivity index (χ2v) is 8.33. The number of amides is 1. The van der Waals surface area contributed by atoms with E-state index in [2.05, 4.69) is 45.4 Å². The Morgan fingerprint density at radius 2 is 2.04 bits per heavy atom. The molecule has 6 nitrogen and oxygen atoms in total. The monoisotopic (exact) mass is 361 g/mol. The third-order valence-electron chi connectivity index (χ3n) is 4.87. The topological polar surface area (TPSA) is 61.4 Å². The molecule has 2 aromatic rings. The third-order valence-corrected chi connectivity index (χ3v) is 5.74. The molecule has 2 aromatic heterocycles. The van der Waals surface area contributed by atoms with Crippen LogP contribution in [0, 0.1) is 6.92 Å². The first-order chi connectivity index (χ1) is 11.8. The molecule has 1 aliphatic rings. The minimum Gasteiger partial charge on any atom is -0.347 e. The fraction of sp³-hybridized carbons (Fsp3) is 0.611. The number of carbonyl (C=O) groups is 1. The van der Waals surface area contributed by atoms with Gasteiger partial charge in [-0.1, -0.05) is 0 Å². The van der Waals surface area contributed by atoms with E-state index in [1.54, 1.807) is 6.20 Å². The molecule has 0 radical (unpaired) electrons. The molecule has 0 bridgehead atoms. The van der Waals surface area contributed by atoms with Crippen molar-refractivity contribution in [2.24, 2.45) is 0 Å². The first-order valence-corrected chi connectivity index (χ1v) is 9.57. The van der Waals surface area contributed by atoms with Crippen LogP contribution >= 0.6 is 11.5 Å². The van der Waals surface area contributed by atoms with Gasteiger partial charge in [-0.2, -0.15) is 4.37 Å². The first-order valence-electron chi connectivity index (χ1n) is 8.79. The van der Waals surface area contributed by atoms with Crippen LogP contribution in [0.1, 0.15) is 36.3 Å². The van der Waals surface area contributed by atoms with Crippen molar-refractivity contribution in [3.8, 4) is 0 Å². The minimum atomic E-state index is -0.253. The molecule has 3 rings (SSSR count). The Kier molecular flexibility index (Phi) is 5.36. The molecule has 136 valence electrons. The molecular formula is C18H27N5OS. The molecule has 1 amide bonds. The van der Waals surface area contributed by atoms with Crippen LogP contribution in [0.5, 0.6) is 0 Å². The summed E-state index contributed by atoms with van der Waals surface area (Å²) in [5.74, 6) is -0.0663. The van der Waals surface area contributed by atoms with Gasteiger partial charge in [-0.25, -0.2) is 4.98 Å². The summed E-state index contributed by atoms with van der Waals surface area (Å²) in [5.41, 5.74) is 1.28. The van der Waals surface area contributed by atoms with Gasteiger partial charge in [-0.05, 0) is 51.8 Å². The molecule has 1 fully saturated rings. The van der Waals surface area contributed by atoms with Crippen molar-refractivity contribution < 1.29 is 4.79 Å². The second-order valence-electron chi connectivity index (χ2n) is 7.58. The van der Waals surface area contributed by atoms with Gasteiger partial charge >= 0.3 is 0 Å². The molecule has 0 saturated carbocycles. The predicted molar refractivity (Wildman–Crippen MR) is 102 cm³/mol. The molecule has 3 heterocycles. The molecule has 1 aliphatic heterocycles. The van der Waals surface area contributed by atoms with Crippen LogP contribution < -0.4 is 5.32 Å². The highest BCUT2D eigenvalue weighted by atomic mass is 32.1. The summed E-state index contributed by atoms with van der Waals surface area (Å²) in [6, 6.07) is 1.90. The van der Waals surface area contributed by atoms with Crippen LogP contribution in [0.25, 0.3) is 10.2 Å². The molecule has 0 atom stereocenters. The van der Waals surface area contributed by atoms with Crippen LogP contribution in [-0.2, 0) is 0 Å².